The molecule has 1 aromatic rings. The van der Waals surface area contributed by atoms with Crippen molar-refractivity contribution in [2.45, 2.75) is 46.6 Å². The smallest absolute Gasteiger partial charge is 0.0411 e. The van der Waals surface area contributed by atoms with Gasteiger partial charge in [-0.15, -0.1) is 0 Å². The molecule has 0 aliphatic heterocycles. The molecular formula is C17H29NS. The monoisotopic (exact) mass is 279 g/mol. The van der Waals surface area contributed by atoms with E-state index in [0.717, 1.165) is 18.9 Å². The van der Waals surface area contributed by atoms with Crippen LogP contribution in [0.25, 0.3) is 0 Å². The number of thioether (sulfide) groups is 1. The summed E-state index contributed by atoms with van der Waals surface area (Å²) in [5.74, 6) is 3.26. The molecule has 0 fully saturated rings. The lowest BCUT2D eigenvalue weighted by Gasteiger charge is -2.18. The van der Waals surface area contributed by atoms with Gasteiger partial charge in [0.1, 0.15) is 0 Å². The van der Waals surface area contributed by atoms with E-state index in [1.165, 1.54) is 29.1 Å². The molecule has 1 unspecified atom stereocenters. The largest absolute Gasteiger partial charge is 0.310 e. The van der Waals surface area contributed by atoms with Crippen LogP contribution in [-0.2, 0) is 6.42 Å². The minimum atomic E-state index is 0.494. The molecule has 0 aromatic heterocycles. The summed E-state index contributed by atoms with van der Waals surface area (Å²) in [7, 11) is 0. The zero-order chi connectivity index (χ0) is 14.1. The van der Waals surface area contributed by atoms with Crippen LogP contribution in [0.5, 0.6) is 0 Å². The molecule has 0 saturated carbocycles. The van der Waals surface area contributed by atoms with Gasteiger partial charge < -0.3 is 5.32 Å². The molecular weight excluding hydrogens is 250 g/mol. The van der Waals surface area contributed by atoms with Gasteiger partial charge in [-0.25, -0.2) is 0 Å². The molecule has 1 atom stereocenters. The predicted octanol–water partition coefficient (Wildman–Crippen LogP) is 4.68. The molecule has 19 heavy (non-hydrogen) atoms. The van der Waals surface area contributed by atoms with E-state index in [9.17, 15) is 0 Å². The van der Waals surface area contributed by atoms with E-state index in [4.69, 9.17) is 0 Å². The molecule has 1 N–H and O–H groups in total. The molecule has 0 aliphatic rings. The van der Waals surface area contributed by atoms with Crippen molar-refractivity contribution in [3.05, 3.63) is 35.4 Å². The molecule has 1 aromatic carbocycles. The molecule has 1 nitrogen and oxygen atoms in total. The standard InChI is InChI=1S/C17H29NS/c1-5-15-7-9-16(10-8-15)17(18-6-2)13-19-12-11-14(3)4/h7-10,14,17-18H,5-6,11-13H2,1-4H3. The fourth-order valence-electron chi connectivity index (χ4n) is 2.03. The van der Waals surface area contributed by atoms with E-state index >= 15 is 0 Å². The third-order valence-corrected chi connectivity index (χ3v) is 4.46. The van der Waals surface area contributed by atoms with Gasteiger partial charge in [0.05, 0.1) is 0 Å². The Kier molecular flexibility index (Phi) is 8.24. The van der Waals surface area contributed by atoms with Crippen LogP contribution in [0, 0.1) is 5.92 Å². The Hall–Kier alpha value is -0.470. The number of aryl methyl sites for hydroxylation is 1. The Morgan fingerprint density at radius 1 is 1.11 bits per heavy atom. The Balaban J connectivity index is 2.50. The van der Waals surface area contributed by atoms with Crippen molar-refractivity contribution < 1.29 is 0 Å². The van der Waals surface area contributed by atoms with Crippen molar-refractivity contribution in [3.63, 3.8) is 0 Å². The Labute approximate surface area is 123 Å². The van der Waals surface area contributed by atoms with E-state index in [0.29, 0.717) is 6.04 Å². The van der Waals surface area contributed by atoms with E-state index in [2.05, 4.69) is 69.0 Å². The molecule has 108 valence electrons. The summed E-state index contributed by atoms with van der Waals surface area (Å²) < 4.78 is 0. The first-order chi connectivity index (χ1) is 9.17. The van der Waals surface area contributed by atoms with Gasteiger partial charge in [-0.05, 0) is 42.2 Å². The first kappa shape index (κ1) is 16.6. The number of hydrogen-bond donors (Lipinski definition) is 1. The molecule has 2 heteroatoms. The zero-order valence-electron chi connectivity index (χ0n) is 12.9. The van der Waals surface area contributed by atoms with Crippen LogP contribution in [0.15, 0.2) is 24.3 Å². The molecule has 0 spiro atoms. The summed E-state index contributed by atoms with van der Waals surface area (Å²) in [5, 5.41) is 3.60. The first-order valence-electron chi connectivity index (χ1n) is 7.57. The maximum absolute atomic E-state index is 3.60. The van der Waals surface area contributed by atoms with Gasteiger partial charge in [0.15, 0.2) is 0 Å². The van der Waals surface area contributed by atoms with Crippen molar-refractivity contribution in [3.8, 4) is 0 Å². The third-order valence-electron chi connectivity index (χ3n) is 3.36. The van der Waals surface area contributed by atoms with Crippen molar-refractivity contribution in [2.75, 3.05) is 18.1 Å². The lowest BCUT2D eigenvalue weighted by atomic mass is 10.0. The number of rotatable bonds is 9. The number of nitrogens with one attached hydrogen (secondary N) is 1. The molecule has 0 amide bonds. The van der Waals surface area contributed by atoms with Crippen LogP contribution in [0.3, 0.4) is 0 Å². The SMILES string of the molecule is CCNC(CSCCC(C)C)c1ccc(CC)cc1. The fraction of sp³-hybridized carbons (Fsp3) is 0.647. The van der Waals surface area contributed by atoms with Crippen LogP contribution >= 0.6 is 11.8 Å². The summed E-state index contributed by atoms with van der Waals surface area (Å²) >= 11 is 2.07. The summed E-state index contributed by atoms with van der Waals surface area (Å²) in [4.78, 5) is 0. The average Bonchev–Trinajstić information content (AvgIpc) is 2.42. The van der Waals surface area contributed by atoms with Gasteiger partial charge in [0.2, 0.25) is 0 Å². The lowest BCUT2D eigenvalue weighted by Crippen LogP contribution is -2.23. The van der Waals surface area contributed by atoms with Crippen molar-refractivity contribution >= 4 is 11.8 Å². The lowest BCUT2D eigenvalue weighted by molar-refractivity contribution is 0.602. The van der Waals surface area contributed by atoms with Crippen molar-refractivity contribution in [2.24, 2.45) is 5.92 Å². The average molecular weight is 279 g/mol. The highest BCUT2D eigenvalue weighted by Gasteiger charge is 2.10. The van der Waals surface area contributed by atoms with Gasteiger partial charge >= 0.3 is 0 Å². The second-order valence-corrected chi connectivity index (χ2v) is 6.61. The normalized spacial score (nSPS) is 12.9. The molecule has 0 aliphatic carbocycles. The zero-order valence-corrected chi connectivity index (χ0v) is 13.7. The Morgan fingerprint density at radius 2 is 1.79 bits per heavy atom. The fourth-order valence-corrected chi connectivity index (χ4v) is 3.38. The van der Waals surface area contributed by atoms with Crippen molar-refractivity contribution in [1.82, 2.24) is 5.32 Å². The maximum Gasteiger partial charge on any atom is 0.0411 e. The summed E-state index contributed by atoms with van der Waals surface area (Å²) in [6.45, 7) is 10.0. The van der Waals surface area contributed by atoms with Gasteiger partial charge in [-0.3, -0.25) is 0 Å². The topological polar surface area (TPSA) is 12.0 Å². The van der Waals surface area contributed by atoms with Gasteiger partial charge in [0, 0.05) is 11.8 Å². The van der Waals surface area contributed by atoms with E-state index < -0.39 is 0 Å². The Morgan fingerprint density at radius 3 is 2.32 bits per heavy atom. The van der Waals surface area contributed by atoms with Crippen LogP contribution in [-0.4, -0.2) is 18.1 Å². The highest BCUT2D eigenvalue weighted by Crippen LogP contribution is 2.20. The van der Waals surface area contributed by atoms with E-state index in [1.54, 1.807) is 0 Å². The molecule has 0 bridgehead atoms. The van der Waals surface area contributed by atoms with Gasteiger partial charge in [-0.1, -0.05) is 52.0 Å². The van der Waals surface area contributed by atoms with Crippen LogP contribution in [0.1, 0.15) is 51.3 Å². The second-order valence-electron chi connectivity index (χ2n) is 5.46. The van der Waals surface area contributed by atoms with Gasteiger partial charge in [0.25, 0.3) is 0 Å². The summed E-state index contributed by atoms with van der Waals surface area (Å²) in [6.07, 6.45) is 2.44. The second kappa shape index (κ2) is 9.44. The third kappa shape index (κ3) is 6.49. The first-order valence-corrected chi connectivity index (χ1v) is 8.72. The number of benzene rings is 1. The summed E-state index contributed by atoms with van der Waals surface area (Å²) in [5.41, 5.74) is 2.85. The van der Waals surface area contributed by atoms with Crippen molar-refractivity contribution in [1.29, 1.82) is 0 Å². The van der Waals surface area contributed by atoms with Crippen LogP contribution < -0.4 is 5.32 Å². The van der Waals surface area contributed by atoms with E-state index in [-0.39, 0.29) is 0 Å². The van der Waals surface area contributed by atoms with Crippen LogP contribution in [0.4, 0.5) is 0 Å². The number of hydrogen-bond acceptors (Lipinski definition) is 2. The minimum Gasteiger partial charge on any atom is -0.310 e. The molecule has 0 heterocycles. The highest BCUT2D eigenvalue weighted by atomic mass is 32.2. The highest BCUT2D eigenvalue weighted by molar-refractivity contribution is 7.99. The molecule has 0 saturated heterocycles. The molecule has 0 radical (unpaired) electrons. The minimum absolute atomic E-state index is 0.494. The maximum atomic E-state index is 3.60. The molecule has 1 rings (SSSR count). The quantitative estimate of drug-likeness (QED) is 0.659. The van der Waals surface area contributed by atoms with Gasteiger partial charge in [-0.2, -0.15) is 11.8 Å². The predicted molar refractivity (Wildman–Crippen MR) is 89.0 cm³/mol. The van der Waals surface area contributed by atoms with Crippen LogP contribution in [0.2, 0.25) is 0 Å². The summed E-state index contributed by atoms with van der Waals surface area (Å²) in [6, 6.07) is 9.59. The van der Waals surface area contributed by atoms with E-state index in [1.807, 2.05) is 0 Å². The Bertz CT molecular complexity index is 332.